The maximum atomic E-state index is 12.3. The molecule has 25 heavy (non-hydrogen) atoms. The molecule has 3 heteroatoms. The summed E-state index contributed by atoms with van der Waals surface area (Å²) in [6, 6.07) is 0. The molecule has 4 aliphatic rings. The lowest BCUT2D eigenvalue weighted by atomic mass is 9.43. The zero-order valence-electron chi connectivity index (χ0n) is 15.9. The lowest BCUT2D eigenvalue weighted by Gasteiger charge is -2.61. The highest BCUT2D eigenvalue weighted by atomic mass is 16.3. The Bertz CT molecular complexity index is 652. The van der Waals surface area contributed by atoms with Gasteiger partial charge in [-0.05, 0) is 74.5 Å². The summed E-state index contributed by atoms with van der Waals surface area (Å²) >= 11 is 0. The van der Waals surface area contributed by atoms with Gasteiger partial charge in [-0.1, -0.05) is 26.0 Å². The van der Waals surface area contributed by atoms with Crippen LogP contribution in [0.3, 0.4) is 0 Å². The van der Waals surface area contributed by atoms with Crippen LogP contribution in [0, 0.1) is 34.5 Å². The first kappa shape index (κ1) is 17.5. The Hall–Kier alpha value is -0.960. The highest BCUT2D eigenvalue weighted by Gasteiger charge is 2.66. The predicted molar refractivity (Wildman–Crippen MR) is 96.9 cm³/mol. The lowest BCUT2D eigenvalue weighted by Crippen LogP contribution is -2.58. The van der Waals surface area contributed by atoms with Gasteiger partial charge < -0.3 is 5.11 Å². The van der Waals surface area contributed by atoms with E-state index in [1.54, 1.807) is 6.92 Å². The third-order valence-electron chi connectivity index (χ3n) is 9.18. The average molecular weight is 344 g/mol. The largest absolute Gasteiger partial charge is 0.382 e. The smallest absolute Gasteiger partial charge is 0.161 e. The van der Waals surface area contributed by atoms with E-state index in [-0.39, 0.29) is 16.6 Å². The molecule has 4 rings (SSSR count). The Morgan fingerprint density at radius 1 is 1.12 bits per heavy atom. The van der Waals surface area contributed by atoms with Crippen LogP contribution in [-0.2, 0) is 9.59 Å². The van der Waals surface area contributed by atoms with Crippen molar-refractivity contribution in [2.24, 2.45) is 34.5 Å². The zero-order valence-corrected chi connectivity index (χ0v) is 15.9. The summed E-state index contributed by atoms with van der Waals surface area (Å²) in [6.07, 6.45) is 6.90. The molecule has 0 radical (unpaired) electrons. The second-order valence-corrected chi connectivity index (χ2v) is 9.95. The van der Waals surface area contributed by atoms with E-state index in [0.29, 0.717) is 48.7 Å². The molecule has 0 aromatic carbocycles. The topological polar surface area (TPSA) is 54.4 Å². The number of rotatable bonds is 1. The van der Waals surface area contributed by atoms with Crippen molar-refractivity contribution in [1.29, 1.82) is 0 Å². The highest BCUT2D eigenvalue weighted by Crippen LogP contribution is 2.68. The fourth-order valence-corrected chi connectivity index (χ4v) is 7.63. The number of fused-ring (bicyclic) bond motifs is 5. The van der Waals surface area contributed by atoms with E-state index in [2.05, 4.69) is 20.4 Å². The monoisotopic (exact) mass is 344 g/mol. The van der Waals surface area contributed by atoms with Crippen molar-refractivity contribution in [3.63, 3.8) is 0 Å². The third kappa shape index (κ3) is 2.08. The SMILES string of the molecule is C=C1C[C@@H]2[C@H](CC[C@@]3(C)[C@H]2CC[C@]3(O)C(C)=O)[C@@]2(C)CCC(=O)C[C@H]12. The Morgan fingerprint density at radius 3 is 2.48 bits per heavy atom. The molecule has 0 saturated heterocycles. The van der Waals surface area contributed by atoms with Crippen molar-refractivity contribution in [2.75, 3.05) is 0 Å². The fourth-order valence-electron chi connectivity index (χ4n) is 7.63. The molecular formula is C22H32O3. The molecule has 0 aromatic rings. The van der Waals surface area contributed by atoms with Gasteiger partial charge in [0.15, 0.2) is 5.78 Å². The van der Waals surface area contributed by atoms with Crippen LogP contribution in [0.1, 0.15) is 72.1 Å². The average Bonchev–Trinajstić information content (AvgIpc) is 2.83. The van der Waals surface area contributed by atoms with Crippen LogP contribution in [0.4, 0.5) is 0 Å². The molecule has 0 unspecified atom stereocenters. The van der Waals surface area contributed by atoms with E-state index in [4.69, 9.17) is 0 Å². The van der Waals surface area contributed by atoms with Crippen LogP contribution in [0.15, 0.2) is 12.2 Å². The third-order valence-corrected chi connectivity index (χ3v) is 9.18. The standard InChI is InChI=1S/C22H32O3/c1-13-11-16-17(20(3)8-5-15(24)12-19(13)20)6-9-21(4)18(16)7-10-22(21,25)14(2)23/h16-19,25H,1,5-12H2,2-4H3/t16-,17+,18+,19-,20-,21+,22+/m1/s1. The molecule has 0 amide bonds. The molecule has 4 saturated carbocycles. The van der Waals surface area contributed by atoms with Crippen LogP contribution >= 0.6 is 0 Å². The van der Waals surface area contributed by atoms with Gasteiger partial charge in [-0.25, -0.2) is 0 Å². The number of hydrogen-bond acceptors (Lipinski definition) is 3. The summed E-state index contributed by atoms with van der Waals surface area (Å²) in [5, 5.41) is 11.2. The number of Topliss-reactive ketones (excluding diaryl/α,β-unsaturated/α-hetero) is 2. The van der Waals surface area contributed by atoms with Crippen LogP contribution in [-0.4, -0.2) is 22.3 Å². The molecular weight excluding hydrogens is 312 g/mol. The first-order valence-electron chi connectivity index (χ1n) is 10.1. The van der Waals surface area contributed by atoms with Crippen molar-refractivity contribution < 1.29 is 14.7 Å². The molecule has 1 N–H and O–H groups in total. The first-order valence-corrected chi connectivity index (χ1v) is 10.1. The molecule has 4 fully saturated rings. The van der Waals surface area contributed by atoms with Gasteiger partial charge in [-0.3, -0.25) is 9.59 Å². The summed E-state index contributed by atoms with van der Waals surface area (Å²) in [7, 11) is 0. The van der Waals surface area contributed by atoms with Gasteiger partial charge in [0.1, 0.15) is 11.4 Å². The maximum Gasteiger partial charge on any atom is 0.161 e. The first-order chi connectivity index (χ1) is 11.6. The molecule has 0 bridgehead atoms. The molecule has 7 atom stereocenters. The molecule has 4 aliphatic carbocycles. The zero-order chi connectivity index (χ0) is 18.2. The van der Waals surface area contributed by atoms with Crippen molar-refractivity contribution in [2.45, 2.75) is 77.7 Å². The number of aliphatic hydroxyl groups is 1. The van der Waals surface area contributed by atoms with E-state index in [9.17, 15) is 14.7 Å². The summed E-state index contributed by atoms with van der Waals surface area (Å²) in [5.41, 5.74) is -0.0241. The second-order valence-electron chi connectivity index (χ2n) is 9.95. The molecule has 3 nitrogen and oxygen atoms in total. The van der Waals surface area contributed by atoms with Crippen molar-refractivity contribution in [3.8, 4) is 0 Å². The number of allylic oxidation sites excluding steroid dienone is 1. The second kappa shape index (κ2) is 5.28. The molecule has 0 spiro atoms. The van der Waals surface area contributed by atoms with Gasteiger partial charge in [-0.2, -0.15) is 0 Å². The fraction of sp³-hybridized carbons (Fsp3) is 0.818. The Balaban J connectivity index is 1.71. The van der Waals surface area contributed by atoms with Crippen molar-refractivity contribution >= 4 is 11.6 Å². The number of carbonyl (C=O) groups excluding carboxylic acids is 2. The Labute approximate surface area is 151 Å². The van der Waals surface area contributed by atoms with E-state index >= 15 is 0 Å². The van der Waals surface area contributed by atoms with Gasteiger partial charge in [0.2, 0.25) is 0 Å². The molecule has 138 valence electrons. The summed E-state index contributed by atoms with van der Waals surface area (Å²) in [6.45, 7) is 10.5. The molecule has 0 aliphatic heterocycles. The van der Waals surface area contributed by atoms with E-state index in [1.807, 2.05) is 0 Å². The Morgan fingerprint density at radius 2 is 1.80 bits per heavy atom. The van der Waals surface area contributed by atoms with Gasteiger partial charge in [-0.15, -0.1) is 0 Å². The Kier molecular flexibility index (Phi) is 3.69. The quantitative estimate of drug-likeness (QED) is 0.729. The molecule has 0 heterocycles. The van der Waals surface area contributed by atoms with Crippen LogP contribution in [0.2, 0.25) is 0 Å². The van der Waals surface area contributed by atoms with E-state index in [0.717, 1.165) is 32.1 Å². The number of hydrogen-bond donors (Lipinski definition) is 1. The van der Waals surface area contributed by atoms with Gasteiger partial charge in [0.25, 0.3) is 0 Å². The number of carbonyl (C=O) groups is 2. The van der Waals surface area contributed by atoms with Crippen LogP contribution < -0.4 is 0 Å². The van der Waals surface area contributed by atoms with E-state index < -0.39 is 5.60 Å². The summed E-state index contributed by atoms with van der Waals surface area (Å²) in [5.74, 6) is 2.18. The normalized spacial score (nSPS) is 52.3. The van der Waals surface area contributed by atoms with Gasteiger partial charge in [0, 0.05) is 18.3 Å². The predicted octanol–water partition coefficient (Wildman–Crippen LogP) is 4.08. The van der Waals surface area contributed by atoms with Crippen molar-refractivity contribution in [3.05, 3.63) is 12.2 Å². The van der Waals surface area contributed by atoms with Gasteiger partial charge in [0.05, 0.1) is 0 Å². The number of ketones is 2. The summed E-state index contributed by atoms with van der Waals surface area (Å²) < 4.78 is 0. The minimum Gasteiger partial charge on any atom is -0.382 e. The van der Waals surface area contributed by atoms with Crippen LogP contribution in [0.5, 0.6) is 0 Å². The molecule has 0 aromatic heterocycles. The van der Waals surface area contributed by atoms with Crippen LogP contribution in [0.25, 0.3) is 0 Å². The van der Waals surface area contributed by atoms with Gasteiger partial charge >= 0.3 is 0 Å². The van der Waals surface area contributed by atoms with E-state index in [1.165, 1.54) is 5.57 Å². The maximum absolute atomic E-state index is 12.3. The minimum absolute atomic E-state index is 0.0575. The minimum atomic E-state index is -1.15. The van der Waals surface area contributed by atoms with Crippen molar-refractivity contribution in [1.82, 2.24) is 0 Å². The summed E-state index contributed by atoms with van der Waals surface area (Å²) in [4.78, 5) is 24.3. The lowest BCUT2D eigenvalue weighted by molar-refractivity contribution is -0.164. The highest BCUT2D eigenvalue weighted by molar-refractivity contribution is 5.86.